The zero-order chi connectivity index (χ0) is 13.1. The van der Waals surface area contributed by atoms with Crippen molar-refractivity contribution < 1.29 is 0 Å². The average molecular weight is 250 g/mol. The van der Waals surface area contributed by atoms with Crippen molar-refractivity contribution in [3.63, 3.8) is 0 Å². The second-order valence-electron chi connectivity index (χ2n) is 6.05. The molecule has 1 saturated carbocycles. The highest BCUT2D eigenvalue weighted by molar-refractivity contribution is 4.95. The third-order valence-corrected chi connectivity index (χ3v) is 4.01. The molecule has 1 aliphatic carbocycles. The SMILES string of the molecule is CNC(Cc1ncnn1CC(C)C)C(C)C1CC1. The number of hydrogen-bond acceptors (Lipinski definition) is 3. The Kier molecular flexibility index (Phi) is 4.38. The predicted molar refractivity (Wildman–Crippen MR) is 73.3 cm³/mol. The van der Waals surface area contributed by atoms with Gasteiger partial charge in [0.1, 0.15) is 12.2 Å². The highest BCUT2D eigenvalue weighted by Gasteiger charge is 2.33. The lowest BCUT2D eigenvalue weighted by molar-refractivity contribution is 0.344. The molecule has 2 unspecified atom stereocenters. The Morgan fingerprint density at radius 1 is 1.39 bits per heavy atom. The van der Waals surface area contributed by atoms with Crippen LogP contribution in [-0.2, 0) is 13.0 Å². The molecule has 18 heavy (non-hydrogen) atoms. The van der Waals surface area contributed by atoms with Crippen LogP contribution in [-0.4, -0.2) is 27.9 Å². The molecule has 1 N–H and O–H groups in total. The van der Waals surface area contributed by atoms with Crippen molar-refractivity contribution in [1.29, 1.82) is 0 Å². The maximum Gasteiger partial charge on any atom is 0.138 e. The third-order valence-electron chi connectivity index (χ3n) is 4.01. The molecule has 0 aliphatic heterocycles. The summed E-state index contributed by atoms with van der Waals surface area (Å²) in [5.74, 6) is 3.39. The molecule has 4 nitrogen and oxygen atoms in total. The summed E-state index contributed by atoms with van der Waals surface area (Å²) in [6, 6.07) is 0.521. The standard InChI is InChI=1S/C14H26N4/c1-10(2)8-18-14(16-9-17-18)7-13(15-4)11(3)12-5-6-12/h9-13,15H,5-8H2,1-4H3. The summed E-state index contributed by atoms with van der Waals surface area (Å²) in [6.45, 7) is 7.76. The van der Waals surface area contributed by atoms with Gasteiger partial charge in [-0.2, -0.15) is 5.10 Å². The van der Waals surface area contributed by atoms with Crippen molar-refractivity contribution in [3.8, 4) is 0 Å². The minimum Gasteiger partial charge on any atom is -0.316 e. The molecule has 1 fully saturated rings. The molecule has 1 aromatic heterocycles. The molecule has 0 radical (unpaired) electrons. The molecule has 2 rings (SSSR count). The van der Waals surface area contributed by atoms with Crippen molar-refractivity contribution >= 4 is 0 Å². The van der Waals surface area contributed by atoms with Crippen molar-refractivity contribution in [2.24, 2.45) is 17.8 Å². The van der Waals surface area contributed by atoms with Crippen LogP contribution in [0, 0.1) is 17.8 Å². The van der Waals surface area contributed by atoms with Gasteiger partial charge in [0.05, 0.1) is 0 Å². The minimum atomic E-state index is 0.521. The lowest BCUT2D eigenvalue weighted by Gasteiger charge is -2.23. The van der Waals surface area contributed by atoms with E-state index in [1.54, 1.807) is 6.33 Å². The molecular weight excluding hydrogens is 224 g/mol. The van der Waals surface area contributed by atoms with Gasteiger partial charge in [-0.3, -0.25) is 0 Å². The first-order valence-corrected chi connectivity index (χ1v) is 7.15. The quantitative estimate of drug-likeness (QED) is 0.806. The molecule has 1 aliphatic rings. The molecule has 1 heterocycles. The molecule has 4 heteroatoms. The zero-order valence-corrected chi connectivity index (χ0v) is 12.1. The Morgan fingerprint density at radius 2 is 2.11 bits per heavy atom. The van der Waals surface area contributed by atoms with E-state index in [1.807, 2.05) is 0 Å². The van der Waals surface area contributed by atoms with E-state index in [9.17, 15) is 0 Å². The van der Waals surface area contributed by atoms with Crippen LogP contribution >= 0.6 is 0 Å². The van der Waals surface area contributed by atoms with Crippen LogP contribution in [0.3, 0.4) is 0 Å². The van der Waals surface area contributed by atoms with Gasteiger partial charge in [-0.05, 0) is 37.6 Å². The maximum absolute atomic E-state index is 4.43. The Hall–Kier alpha value is -0.900. The van der Waals surface area contributed by atoms with E-state index in [2.05, 4.69) is 47.9 Å². The zero-order valence-electron chi connectivity index (χ0n) is 12.1. The van der Waals surface area contributed by atoms with Crippen LogP contribution in [0.2, 0.25) is 0 Å². The van der Waals surface area contributed by atoms with E-state index in [4.69, 9.17) is 0 Å². The average Bonchev–Trinajstić information content (AvgIpc) is 3.08. The summed E-state index contributed by atoms with van der Waals surface area (Å²) >= 11 is 0. The van der Waals surface area contributed by atoms with Gasteiger partial charge >= 0.3 is 0 Å². The fraction of sp³-hybridized carbons (Fsp3) is 0.857. The largest absolute Gasteiger partial charge is 0.316 e. The van der Waals surface area contributed by atoms with Crippen LogP contribution in [0.15, 0.2) is 6.33 Å². The molecule has 0 spiro atoms. The summed E-state index contributed by atoms with van der Waals surface area (Å²) in [7, 11) is 2.06. The highest BCUT2D eigenvalue weighted by Crippen LogP contribution is 2.38. The number of nitrogens with zero attached hydrogens (tertiary/aromatic N) is 3. The van der Waals surface area contributed by atoms with E-state index in [0.717, 1.165) is 30.6 Å². The van der Waals surface area contributed by atoms with Gasteiger partial charge in [0, 0.05) is 19.0 Å². The second kappa shape index (κ2) is 5.83. The lowest BCUT2D eigenvalue weighted by atomic mass is 9.94. The first-order chi connectivity index (χ1) is 8.61. The second-order valence-corrected chi connectivity index (χ2v) is 6.05. The van der Waals surface area contributed by atoms with Crippen LogP contribution in [0.4, 0.5) is 0 Å². The Balaban J connectivity index is 2.00. The fourth-order valence-corrected chi connectivity index (χ4v) is 2.64. The first-order valence-electron chi connectivity index (χ1n) is 7.15. The van der Waals surface area contributed by atoms with Gasteiger partial charge in [-0.25, -0.2) is 9.67 Å². The molecule has 1 aromatic rings. The van der Waals surface area contributed by atoms with E-state index in [-0.39, 0.29) is 0 Å². The molecule has 2 atom stereocenters. The Bertz CT molecular complexity index is 368. The molecule has 0 amide bonds. The normalized spacial score (nSPS) is 19.2. The van der Waals surface area contributed by atoms with E-state index < -0.39 is 0 Å². The van der Waals surface area contributed by atoms with Crippen molar-refractivity contribution in [1.82, 2.24) is 20.1 Å². The highest BCUT2D eigenvalue weighted by atomic mass is 15.3. The summed E-state index contributed by atoms with van der Waals surface area (Å²) in [5.41, 5.74) is 0. The molecule has 0 aromatic carbocycles. The fourth-order valence-electron chi connectivity index (χ4n) is 2.64. The monoisotopic (exact) mass is 250 g/mol. The summed E-state index contributed by atoms with van der Waals surface area (Å²) in [4.78, 5) is 4.43. The van der Waals surface area contributed by atoms with Gasteiger partial charge < -0.3 is 5.32 Å². The van der Waals surface area contributed by atoms with Crippen LogP contribution in [0.5, 0.6) is 0 Å². The van der Waals surface area contributed by atoms with E-state index >= 15 is 0 Å². The van der Waals surface area contributed by atoms with E-state index in [0.29, 0.717) is 12.0 Å². The molecule has 102 valence electrons. The Morgan fingerprint density at radius 3 is 2.67 bits per heavy atom. The molecule has 0 bridgehead atoms. The van der Waals surface area contributed by atoms with Crippen LogP contribution in [0.25, 0.3) is 0 Å². The maximum atomic E-state index is 4.43. The smallest absolute Gasteiger partial charge is 0.138 e. The van der Waals surface area contributed by atoms with E-state index in [1.165, 1.54) is 12.8 Å². The van der Waals surface area contributed by atoms with Gasteiger partial charge in [0.25, 0.3) is 0 Å². The van der Waals surface area contributed by atoms with Crippen LogP contribution < -0.4 is 5.32 Å². The lowest BCUT2D eigenvalue weighted by Crippen LogP contribution is -2.36. The minimum absolute atomic E-state index is 0.521. The van der Waals surface area contributed by atoms with Crippen molar-refractivity contribution in [3.05, 3.63) is 12.2 Å². The number of aromatic nitrogens is 3. The van der Waals surface area contributed by atoms with Gasteiger partial charge in [-0.1, -0.05) is 20.8 Å². The number of nitrogens with one attached hydrogen (secondary N) is 1. The summed E-state index contributed by atoms with van der Waals surface area (Å²) < 4.78 is 2.06. The van der Waals surface area contributed by atoms with Crippen molar-refractivity contribution in [2.75, 3.05) is 7.05 Å². The van der Waals surface area contributed by atoms with Gasteiger partial charge in [-0.15, -0.1) is 0 Å². The Labute approximate surface area is 110 Å². The van der Waals surface area contributed by atoms with Gasteiger partial charge in [0.15, 0.2) is 0 Å². The summed E-state index contributed by atoms with van der Waals surface area (Å²) in [6.07, 6.45) is 5.48. The van der Waals surface area contributed by atoms with Gasteiger partial charge in [0.2, 0.25) is 0 Å². The topological polar surface area (TPSA) is 42.7 Å². The number of hydrogen-bond donors (Lipinski definition) is 1. The van der Waals surface area contributed by atoms with Crippen molar-refractivity contribution in [2.45, 2.75) is 52.6 Å². The molecule has 0 saturated heterocycles. The predicted octanol–water partition coefficient (Wildman–Crippen LogP) is 2.11. The number of rotatable bonds is 7. The summed E-state index contributed by atoms with van der Waals surface area (Å²) in [5, 5.41) is 7.80. The van der Waals surface area contributed by atoms with Crippen LogP contribution in [0.1, 0.15) is 39.4 Å². The molecular formula is C14H26N4. The third kappa shape index (κ3) is 3.31. The first kappa shape index (κ1) is 13.5. The number of likely N-dealkylation sites (N-methyl/N-ethyl adjacent to an activating group) is 1.